The third-order valence-electron chi connectivity index (χ3n) is 8.63. The molecule has 0 radical (unpaired) electrons. The number of nitrogens with zero attached hydrogens (tertiary/aromatic N) is 3. The van der Waals surface area contributed by atoms with Gasteiger partial charge in [-0.15, -0.1) is 17.4 Å². The van der Waals surface area contributed by atoms with E-state index in [1.165, 1.54) is 30.2 Å². The van der Waals surface area contributed by atoms with Crippen LogP contribution in [0.3, 0.4) is 0 Å². The molecule has 1 aromatic carbocycles. The molecule has 1 saturated heterocycles. The lowest BCUT2D eigenvalue weighted by atomic mass is 10.1. The first-order chi connectivity index (χ1) is 23.7. The number of nitrogens with one attached hydrogen (secondary N) is 3. The van der Waals surface area contributed by atoms with Gasteiger partial charge in [-0.05, 0) is 44.9 Å². The van der Waals surface area contributed by atoms with Crippen molar-refractivity contribution >= 4 is 46.6 Å². The van der Waals surface area contributed by atoms with Crippen molar-refractivity contribution in [3.05, 3.63) is 60.5 Å². The fourth-order valence-electron chi connectivity index (χ4n) is 6.06. The fraction of sp³-hybridized carbons (Fsp3) is 0.515. The number of fused-ring (bicyclic) bond motifs is 1. The maximum Gasteiger partial charge on any atom is 0.410 e. The van der Waals surface area contributed by atoms with Gasteiger partial charge in [-0.2, -0.15) is 0 Å². The summed E-state index contributed by atoms with van der Waals surface area (Å²) in [5.41, 5.74) is -1.61. The van der Waals surface area contributed by atoms with Crippen LogP contribution in [0.1, 0.15) is 49.0 Å². The molecular weight excluding hydrogens is 691 g/mol. The van der Waals surface area contributed by atoms with Gasteiger partial charge >= 0.3 is 12.2 Å². The quantitative estimate of drug-likeness (QED) is 0.166. The monoisotopic (exact) mass is 742 g/mol. The van der Waals surface area contributed by atoms with Crippen molar-refractivity contribution in [1.82, 2.24) is 30.1 Å². The number of carbonyl (C=O) groups is 6. The number of rotatable bonds is 11. The number of amides is 6. The van der Waals surface area contributed by atoms with E-state index in [0.29, 0.717) is 11.1 Å². The van der Waals surface area contributed by atoms with Crippen molar-refractivity contribution in [3.63, 3.8) is 0 Å². The zero-order valence-electron chi connectivity index (χ0n) is 29.1. The Kier molecular flexibility index (Phi) is 11.4. The average molecular weight is 743 g/mol. The molecule has 2 aliphatic heterocycles. The molecule has 1 aliphatic carbocycles. The number of hydrogen-bond acceptors (Lipinski definition) is 10. The third kappa shape index (κ3) is 9.36. The second kappa shape index (κ2) is 14.9. The van der Waals surface area contributed by atoms with Crippen LogP contribution in [0.25, 0.3) is 0 Å². The van der Waals surface area contributed by atoms with Crippen LogP contribution in [0.15, 0.2) is 43.5 Å². The largest absolute Gasteiger partial charge is 0.444 e. The highest BCUT2D eigenvalue weighted by molar-refractivity contribution is 8.22. The average Bonchev–Trinajstić information content (AvgIpc) is 3.33. The predicted molar refractivity (Wildman–Crippen MR) is 189 cm³/mol. The minimum Gasteiger partial charge on any atom is -0.444 e. The van der Waals surface area contributed by atoms with Gasteiger partial charge in [-0.3, -0.25) is 37.9 Å². The number of likely N-dealkylation sites (tertiary alicyclic amines) is 1. The summed E-state index contributed by atoms with van der Waals surface area (Å²) in [6.45, 7) is 11.3. The zero-order valence-corrected chi connectivity index (χ0v) is 30.0. The number of likely N-dealkylation sites (N-methyl/N-ethyl adjacent to an activating group) is 1. The molecule has 2 heterocycles. The molecule has 5 N–H and O–H groups in total. The van der Waals surface area contributed by atoms with E-state index in [1.807, 2.05) is 0 Å². The first-order valence-corrected chi connectivity index (χ1v) is 18.0. The molecule has 3 aliphatic rings. The molecule has 0 aromatic heterocycles. The van der Waals surface area contributed by atoms with E-state index in [9.17, 15) is 42.3 Å². The van der Waals surface area contributed by atoms with Crippen molar-refractivity contribution in [1.29, 1.82) is 0 Å². The standard InChI is InChI=1S/C33H45FN6O10S.3H2/c1-8-20-14-33(20,29(44)37-51(7,47)48)36-27(42)25-13-21(49-31(46)39-15-19-11-10-12-23(34)22(19)17-39)16-40(25)28(43)24(18-38(6)26(41)9-2)35-30(45)50-32(3,4)5;;;/h8-12,20-21,24-25,47-48H,1-2,13-18H2,3-7H3,(H,35,45)(H,36,42)(H,37,44);3*1H/t20-,21?,24+,25?,33-;;;/m1.../s1. The Hall–Kier alpha value is -4.68. The maximum absolute atomic E-state index is 14.4. The van der Waals surface area contributed by atoms with Crippen LogP contribution in [-0.2, 0) is 41.7 Å². The molecule has 16 nitrogen and oxygen atoms in total. The Morgan fingerprint density at radius 1 is 1.20 bits per heavy atom. The highest BCUT2D eigenvalue weighted by atomic mass is 32.3. The predicted octanol–water partition coefficient (Wildman–Crippen LogP) is 3.00. The summed E-state index contributed by atoms with van der Waals surface area (Å²) in [5, 5.41) is 5.10. The van der Waals surface area contributed by atoms with E-state index in [1.54, 1.807) is 26.8 Å². The summed E-state index contributed by atoms with van der Waals surface area (Å²) in [6, 6.07) is 1.67. The second-order valence-corrected chi connectivity index (χ2v) is 15.7. The van der Waals surface area contributed by atoms with Gasteiger partial charge in [-0.1, -0.05) is 24.8 Å². The maximum atomic E-state index is 14.4. The summed E-state index contributed by atoms with van der Waals surface area (Å²) >= 11 is 0. The molecule has 1 aromatic rings. The molecule has 4 rings (SSSR count). The first-order valence-electron chi connectivity index (χ1n) is 16.1. The minimum absolute atomic E-state index is 0. The van der Waals surface area contributed by atoms with Crippen LogP contribution in [0, 0.1) is 11.7 Å². The van der Waals surface area contributed by atoms with E-state index in [-0.39, 0.29) is 43.3 Å². The second-order valence-electron chi connectivity index (χ2n) is 13.9. The fourth-order valence-corrected chi connectivity index (χ4v) is 6.59. The van der Waals surface area contributed by atoms with Gasteiger partial charge in [0.05, 0.1) is 19.6 Å². The summed E-state index contributed by atoms with van der Waals surface area (Å²) in [6.07, 6.45) is 0.411. The van der Waals surface area contributed by atoms with Crippen molar-refractivity contribution in [2.24, 2.45) is 5.92 Å². The Morgan fingerprint density at radius 2 is 1.88 bits per heavy atom. The van der Waals surface area contributed by atoms with Crippen LogP contribution in [0.4, 0.5) is 14.0 Å². The van der Waals surface area contributed by atoms with Crippen LogP contribution in [0.5, 0.6) is 0 Å². The lowest BCUT2D eigenvalue weighted by molar-refractivity contribution is -0.142. The van der Waals surface area contributed by atoms with Crippen molar-refractivity contribution in [3.8, 4) is 0 Å². The van der Waals surface area contributed by atoms with Gasteiger partial charge in [0.1, 0.15) is 35.1 Å². The molecule has 51 heavy (non-hydrogen) atoms. The Labute approximate surface area is 301 Å². The third-order valence-corrected chi connectivity index (χ3v) is 9.21. The zero-order chi connectivity index (χ0) is 38.1. The number of alkyl carbamates (subject to hydrolysis) is 1. The first kappa shape index (κ1) is 39.1. The lowest BCUT2D eigenvalue weighted by Gasteiger charge is -2.33. The van der Waals surface area contributed by atoms with Gasteiger partial charge in [-0.25, -0.2) is 14.0 Å². The SMILES string of the molecule is C=CC(=O)N(C)C[C@H](NC(=O)OC(C)(C)C)C(=O)N1CC(OC(=O)N2Cc3cccc(F)c3C2)CC1C(=O)N[C@]1(C(=O)NS(C)(O)O)C[C@H]1C=C.[HH].[HH].[HH]. The molecular formula is C33H51FN6O10S. The lowest BCUT2D eigenvalue weighted by Crippen LogP contribution is -2.59. The van der Waals surface area contributed by atoms with E-state index in [4.69, 9.17) is 9.47 Å². The summed E-state index contributed by atoms with van der Waals surface area (Å²) in [5.74, 6) is -4.17. The van der Waals surface area contributed by atoms with E-state index >= 15 is 0 Å². The Bertz CT molecular complexity index is 1630. The molecule has 1 saturated carbocycles. The molecule has 0 spiro atoms. The number of hydrogen-bond donors (Lipinski definition) is 5. The van der Waals surface area contributed by atoms with Gasteiger partial charge in [0.2, 0.25) is 17.7 Å². The number of carbonyl (C=O) groups excluding carboxylic acids is 6. The van der Waals surface area contributed by atoms with E-state index in [0.717, 1.165) is 22.1 Å². The summed E-state index contributed by atoms with van der Waals surface area (Å²) in [4.78, 5) is 83.4. The van der Waals surface area contributed by atoms with Gasteiger partial charge in [0.25, 0.3) is 5.91 Å². The van der Waals surface area contributed by atoms with E-state index in [2.05, 4.69) is 28.5 Å². The van der Waals surface area contributed by atoms with Crippen molar-refractivity contribution in [2.75, 3.05) is 26.4 Å². The van der Waals surface area contributed by atoms with E-state index < -0.39 is 87.7 Å². The number of ether oxygens (including phenoxy) is 2. The molecule has 0 bridgehead atoms. The molecule has 6 amide bonds. The van der Waals surface area contributed by atoms with Gasteiger partial charge in [0.15, 0.2) is 0 Å². The van der Waals surface area contributed by atoms with Crippen molar-refractivity contribution in [2.45, 2.75) is 76.0 Å². The molecule has 2 fully saturated rings. The van der Waals surface area contributed by atoms with Gasteiger partial charge < -0.3 is 29.9 Å². The number of halogens is 1. The Balaban J connectivity index is 0.00000486. The Morgan fingerprint density at radius 3 is 2.45 bits per heavy atom. The topological polar surface area (TPSA) is 207 Å². The molecule has 2 unspecified atom stereocenters. The summed E-state index contributed by atoms with van der Waals surface area (Å²) in [7, 11) is -2.14. The minimum atomic E-state index is -3.51. The van der Waals surface area contributed by atoms with Crippen LogP contribution >= 0.6 is 10.8 Å². The van der Waals surface area contributed by atoms with Gasteiger partial charge in [0, 0.05) is 42.0 Å². The summed E-state index contributed by atoms with van der Waals surface area (Å²) < 4.78 is 47.3. The smallest absolute Gasteiger partial charge is 0.410 e. The molecule has 18 heteroatoms. The van der Waals surface area contributed by atoms with Crippen molar-refractivity contribution < 1.29 is 56.0 Å². The van der Waals surface area contributed by atoms with Crippen LogP contribution < -0.4 is 15.4 Å². The highest BCUT2D eigenvalue weighted by Gasteiger charge is 2.61. The molecule has 5 atom stereocenters. The highest BCUT2D eigenvalue weighted by Crippen LogP contribution is 2.46. The number of benzene rings is 1. The molecule has 286 valence electrons. The van der Waals surface area contributed by atoms with Crippen LogP contribution in [0.2, 0.25) is 0 Å². The van der Waals surface area contributed by atoms with Crippen LogP contribution in [-0.4, -0.2) is 115 Å². The normalized spacial score (nSPS) is 23.3.